The first kappa shape index (κ1) is 32.6. The highest BCUT2D eigenvalue weighted by Gasteiger charge is 2.46. The Morgan fingerprint density at radius 3 is 1.84 bits per heavy atom. The Balaban J connectivity index is 1.56. The maximum atomic E-state index is 13.7. The Morgan fingerprint density at radius 1 is 0.733 bits per heavy atom. The van der Waals surface area contributed by atoms with Crippen molar-refractivity contribution in [3.8, 4) is 40.1 Å². The second-order valence-electron chi connectivity index (χ2n) is 10.4. The molecule has 10 unspecified atom stereocenters. The number of ether oxygens (including phenoxy) is 5. The zero-order chi connectivity index (χ0) is 32.7. The second-order valence-corrected chi connectivity index (χ2v) is 10.4. The van der Waals surface area contributed by atoms with Gasteiger partial charge in [-0.25, -0.2) is 0 Å². The van der Waals surface area contributed by atoms with E-state index in [9.17, 15) is 55.9 Å². The Hall–Kier alpha value is -3.75. The Labute approximate surface area is 252 Å². The van der Waals surface area contributed by atoms with Crippen LogP contribution in [0.25, 0.3) is 22.3 Å². The van der Waals surface area contributed by atoms with Gasteiger partial charge in [0.2, 0.25) is 23.8 Å². The van der Waals surface area contributed by atoms with Crippen molar-refractivity contribution >= 4 is 11.0 Å². The quantitative estimate of drug-likeness (QED) is 0.119. The highest BCUT2D eigenvalue weighted by atomic mass is 16.7. The molecule has 3 aromatic rings. The maximum Gasteiger partial charge on any atom is 0.239 e. The first-order valence-corrected chi connectivity index (χ1v) is 13.6. The molecule has 3 heterocycles. The van der Waals surface area contributed by atoms with Gasteiger partial charge in [-0.1, -0.05) is 0 Å². The molecular weight excluding hydrogens is 608 g/mol. The lowest BCUT2D eigenvalue weighted by Crippen LogP contribution is -2.60. The molecule has 0 radical (unpaired) electrons. The SMILES string of the molecule is COc1cc(O)c2c(=O)c(OC3OC(CO)C(O)C(O)C3O)c(-c3ccc(OC4OC(CO)C(O)C(O)C4O)c(O)c3)oc2c1. The molecule has 2 aliphatic heterocycles. The number of phenolic OH excluding ortho intramolecular Hbond substituents is 2. The predicted molar refractivity (Wildman–Crippen MR) is 147 cm³/mol. The molecule has 2 fully saturated rings. The molecule has 246 valence electrons. The number of aliphatic hydroxyl groups excluding tert-OH is 8. The summed E-state index contributed by atoms with van der Waals surface area (Å²) in [6.45, 7) is -1.50. The van der Waals surface area contributed by atoms with Gasteiger partial charge < -0.3 is 79.2 Å². The lowest BCUT2D eigenvalue weighted by molar-refractivity contribution is -0.277. The third-order valence-electron chi connectivity index (χ3n) is 7.54. The van der Waals surface area contributed by atoms with E-state index in [4.69, 9.17) is 28.1 Å². The topological polar surface area (TPSA) is 279 Å². The van der Waals surface area contributed by atoms with Gasteiger partial charge in [0.25, 0.3) is 0 Å². The van der Waals surface area contributed by atoms with E-state index in [2.05, 4.69) is 0 Å². The number of methoxy groups -OCH3 is 1. The van der Waals surface area contributed by atoms with E-state index in [0.717, 1.165) is 18.2 Å². The van der Waals surface area contributed by atoms with Gasteiger partial charge in [-0.3, -0.25) is 4.79 Å². The summed E-state index contributed by atoms with van der Waals surface area (Å²) < 4.78 is 32.9. The van der Waals surface area contributed by atoms with Gasteiger partial charge in [-0.15, -0.1) is 0 Å². The minimum atomic E-state index is -1.92. The van der Waals surface area contributed by atoms with E-state index >= 15 is 0 Å². The number of benzene rings is 2. The molecular formula is C28H32O17. The van der Waals surface area contributed by atoms with Crippen molar-refractivity contribution in [3.05, 3.63) is 40.6 Å². The second kappa shape index (κ2) is 12.9. The van der Waals surface area contributed by atoms with Crippen molar-refractivity contribution in [2.24, 2.45) is 0 Å². The zero-order valence-corrected chi connectivity index (χ0v) is 23.4. The average Bonchev–Trinajstić information content (AvgIpc) is 3.02. The van der Waals surface area contributed by atoms with E-state index in [1.165, 1.54) is 19.2 Å². The maximum absolute atomic E-state index is 13.7. The Kier molecular flexibility index (Phi) is 9.38. The number of hydrogen-bond acceptors (Lipinski definition) is 17. The van der Waals surface area contributed by atoms with Crippen LogP contribution in [-0.4, -0.2) is 133 Å². The van der Waals surface area contributed by atoms with Crippen molar-refractivity contribution in [2.45, 2.75) is 61.4 Å². The fraction of sp³-hybridized carbons (Fsp3) is 0.464. The van der Waals surface area contributed by atoms with E-state index in [-0.39, 0.29) is 33.8 Å². The summed E-state index contributed by atoms with van der Waals surface area (Å²) in [6.07, 6.45) is -16.8. The van der Waals surface area contributed by atoms with Gasteiger partial charge in [0, 0.05) is 17.7 Å². The largest absolute Gasteiger partial charge is 0.507 e. The standard InChI is InChI=1S/C28H32O17/c1-40-10-5-12(32)17-14(6-10)41-25(26(20(17)35)45-28-24(39)22(37)19(34)16(8-30)44-28)9-2-3-13(11(31)4-9)42-27-23(38)21(36)18(33)15(7-29)43-27/h2-6,15-16,18-19,21-24,27-34,36-39H,7-8H2,1H3. The molecule has 2 saturated heterocycles. The number of hydrogen-bond donors (Lipinski definition) is 10. The highest BCUT2D eigenvalue weighted by Crippen LogP contribution is 2.40. The fourth-order valence-corrected chi connectivity index (χ4v) is 5.00. The molecule has 10 atom stereocenters. The van der Waals surface area contributed by atoms with Crippen molar-refractivity contribution in [1.29, 1.82) is 0 Å². The molecule has 1 aromatic heterocycles. The van der Waals surface area contributed by atoms with Crippen LogP contribution < -0.4 is 19.6 Å². The molecule has 0 bridgehead atoms. The molecule has 5 rings (SSSR count). The van der Waals surface area contributed by atoms with E-state index in [0.29, 0.717) is 0 Å². The normalized spacial score (nSPS) is 31.9. The van der Waals surface area contributed by atoms with E-state index < -0.39 is 97.3 Å². The Morgan fingerprint density at radius 2 is 1.31 bits per heavy atom. The minimum Gasteiger partial charge on any atom is -0.507 e. The summed E-state index contributed by atoms with van der Waals surface area (Å²) in [7, 11) is 1.31. The van der Waals surface area contributed by atoms with Crippen LogP contribution in [0.4, 0.5) is 0 Å². The molecule has 17 heteroatoms. The monoisotopic (exact) mass is 640 g/mol. The van der Waals surface area contributed by atoms with Crippen molar-refractivity contribution in [1.82, 2.24) is 0 Å². The lowest BCUT2D eigenvalue weighted by Gasteiger charge is -2.39. The molecule has 2 aromatic carbocycles. The van der Waals surface area contributed by atoms with Gasteiger partial charge >= 0.3 is 0 Å². The summed E-state index contributed by atoms with van der Waals surface area (Å²) in [5.74, 6) is -2.42. The number of fused-ring (bicyclic) bond motifs is 1. The summed E-state index contributed by atoms with van der Waals surface area (Å²) in [6, 6.07) is 5.89. The summed E-state index contributed by atoms with van der Waals surface area (Å²) >= 11 is 0. The molecule has 0 aliphatic carbocycles. The average molecular weight is 641 g/mol. The smallest absolute Gasteiger partial charge is 0.239 e. The molecule has 45 heavy (non-hydrogen) atoms. The van der Waals surface area contributed by atoms with E-state index in [1.54, 1.807) is 0 Å². The summed E-state index contributed by atoms with van der Waals surface area (Å²) in [5, 5.41) is 101. The zero-order valence-electron chi connectivity index (χ0n) is 23.4. The van der Waals surface area contributed by atoms with Crippen molar-refractivity contribution in [3.63, 3.8) is 0 Å². The molecule has 10 N–H and O–H groups in total. The third kappa shape index (κ3) is 5.98. The third-order valence-corrected chi connectivity index (χ3v) is 7.54. The molecule has 0 saturated carbocycles. The fourth-order valence-electron chi connectivity index (χ4n) is 5.00. The van der Waals surface area contributed by atoms with Crippen LogP contribution in [0.3, 0.4) is 0 Å². The van der Waals surface area contributed by atoms with Crippen LogP contribution in [0.5, 0.6) is 28.7 Å². The van der Waals surface area contributed by atoms with Gasteiger partial charge in [-0.2, -0.15) is 0 Å². The first-order chi connectivity index (χ1) is 21.4. The molecule has 17 nitrogen and oxygen atoms in total. The first-order valence-electron chi connectivity index (χ1n) is 13.6. The van der Waals surface area contributed by atoms with Crippen LogP contribution in [0.2, 0.25) is 0 Å². The van der Waals surface area contributed by atoms with Crippen molar-refractivity contribution in [2.75, 3.05) is 20.3 Å². The van der Waals surface area contributed by atoms with Crippen LogP contribution >= 0.6 is 0 Å². The van der Waals surface area contributed by atoms with Crippen LogP contribution in [0, 0.1) is 0 Å². The number of aliphatic hydroxyl groups is 8. The molecule has 0 amide bonds. The van der Waals surface area contributed by atoms with Crippen LogP contribution in [-0.2, 0) is 9.47 Å². The van der Waals surface area contributed by atoms with Crippen LogP contribution in [0.15, 0.2) is 39.5 Å². The molecule has 0 spiro atoms. The van der Waals surface area contributed by atoms with Crippen molar-refractivity contribution < 1.29 is 79.2 Å². The van der Waals surface area contributed by atoms with Crippen LogP contribution in [0.1, 0.15) is 0 Å². The van der Waals surface area contributed by atoms with Gasteiger partial charge in [-0.05, 0) is 18.2 Å². The van der Waals surface area contributed by atoms with Gasteiger partial charge in [0.05, 0.1) is 20.3 Å². The number of rotatable bonds is 8. The lowest BCUT2D eigenvalue weighted by atomic mass is 9.99. The van der Waals surface area contributed by atoms with Gasteiger partial charge in [0.1, 0.15) is 71.3 Å². The van der Waals surface area contributed by atoms with E-state index in [1.807, 2.05) is 0 Å². The number of phenols is 2. The highest BCUT2D eigenvalue weighted by molar-refractivity contribution is 5.88. The number of aromatic hydroxyl groups is 2. The minimum absolute atomic E-state index is 0.0467. The Bertz CT molecular complexity index is 1570. The van der Waals surface area contributed by atoms with Gasteiger partial charge in [0.15, 0.2) is 17.3 Å². The summed E-state index contributed by atoms with van der Waals surface area (Å²) in [5.41, 5.74) is -1.21. The molecule has 2 aliphatic rings. The predicted octanol–water partition coefficient (Wildman–Crippen LogP) is -2.76. The summed E-state index contributed by atoms with van der Waals surface area (Å²) in [4.78, 5) is 13.7.